The van der Waals surface area contributed by atoms with Crippen LogP contribution in [0.3, 0.4) is 0 Å². The summed E-state index contributed by atoms with van der Waals surface area (Å²) in [4.78, 5) is 0. The molecule has 0 radical (unpaired) electrons. The van der Waals surface area contributed by atoms with E-state index in [1.807, 2.05) is 0 Å². The molecule has 0 heterocycles. The van der Waals surface area contributed by atoms with Gasteiger partial charge in [-0.2, -0.15) is 0 Å². The summed E-state index contributed by atoms with van der Waals surface area (Å²) in [6.07, 6.45) is 9.16. The van der Waals surface area contributed by atoms with Crippen molar-refractivity contribution in [1.29, 1.82) is 0 Å². The Bertz CT molecular complexity index is 408. The van der Waals surface area contributed by atoms with Crippen molar-refractivity contribution >= 4 is 0 Å². The highest BCUT2D eigenvalue weighted by molar-refractivity contribution is 5.16. The Morgan fingerprint density at radius 2 is 0.944 bits per heavy atom. The Labute approximate surface area is 110 Å². The molecule has 2 rings (SSSR count). The van der Waals surface area contributed by atoms with Gasteiger partial charge in [-0.25, -0.2) is 0 Å². The summed E-state index contributed by atoms with van der Waals surface area (Å²) in [6, 6.07) is 21.3. The summed E-state index contributed by atoms with van der Waals surface area (Å²) in [6.45, 7) is 0. The molecule has 0 aliphatic rings. The van der Waals surface area contributed by atoms with E-state index in [2.05, 4.69) is 72.8 Å². The van der Waals surface area contributed by atoms with Gasteiger partial charge in [0.2, 0.25) is 0 Å². The van der Waals surface area contributed by atoms with Crippen LogP contribution in [-0.4, -0.2) is 0 Å². The van der Waals surface area contributed by atoms with Gasteiger partial charge >= 0.3 is 0 Å². The number of benzene rings is 2. The van der Waals surface area contributed by atoms with Gasteiger partial charge in [-0.05, 0) is 36.8 Å². The summed E-state index contributed by atoms with van der Waals surface area (Å²) >= 11 is 0. The lowest BCUT2D eigenvalue weighted by molar-refractivity contribution is 0.961. The molecular weight excluding hydrogens is 216 g/mol. The van der Waals surface area contributed by atoms with Crippen molar-refractivity contribution in [3.8, 4) is 0 Å². The van der Waals surface area contributed by atoms with Crippen molar-refractivity contribution in [3.05, 3.63) is 83.9 Å². The first-order valence-corrected chi connectivity index (χ1v) is 6.68. The second-order valence-corrected chi connectivity index (χ2v) is 4.52. The van der Waals surface area contributed by atoms with Gasteiger partial charge in [-0.1, -0.05) is 72.8 Å². The fourth-order valence-electron chi connectivity index (χ4n) is 2.03. The molecule has 0 saturated heterocycles. The molecule has 0 aromatic heterocycles. The molecule has 0 saturated carbocycles. The minimum absolute atomic E-state index is 1.14. The van der Waals surface area contributed by atoms with E-state index in [0.29, 0.717) is 0 Å². The Morgan fingerprint density at radius 3 is 1.33 bits per heavy atom. The quantitative estimate of drug-likeness (QED) is 0.631. The topological polar surface area (TPSA) is 0 Å². The van der Waals surface area contributed by atoms with Crippen molar-refractivity contribution in [2.45, 2.75) is 25.7 Å². The van der Waals surface area contributed by atoms with E-state index in [1.165, 1.54) is 11.1 Å². The molecule has 0 unspecified atom stereocenters. The van der Waals surface area contributed by atoms with E-state index in [-0.39, 0.29) is 0 Å². The number of rotatable bonds is 6. The summed E-state index contributed by atoms with van der Waals surface area (Å²) in [7, 11) is 0. The molecule has 2 aromatic carbocycles. The highest BCUT2D eigenvalue weighted by Gasteiger charge is 1.89. The Morgan fingerprint density at radius 1 is 0.556 bits per heavy atom. The molecule has 0 amide bonds. The smallest absolute Gasteiger partial charge is 0.0244 e. The Kier molecular flexibility index (Phi) is 5.26. The van der Waals surface area contributed by atoms with Crippen molar-refractivity contribution in [2.24, 2.45) is 0 Å². The maximum absolute atomic E-state index is 2.30. The van der Waals surface area contributed by atoms with Crippen LogP contribution in [0.2, 0.25) is 0 Å². The molecular formula is C18H20. The average molecular weight is 236 g/mol. The second kappa shape index (κ2) is 7.50. The van der Waals surface area contributed by atoms with Crippen LogP contribution in [0.5, 0.6) is 0 Å². The van der Waals surface area contributed by atoms with Gasteiger partial charge in [-0.3, -0.25) is 0 Å². The highest BCUT2D eigenvalue weighted by Crippen LogP contribution is 2.05. The zero-order valence-electron chi connectivity index (χ0n) is 10.8. The summed E-state index contributed by atoms with van der Waals surface area (Å²) in [5.74, 6) is 0. The lowest BCUT2D eigenvalue weighted by Gasteiger charge is -1.98. The fraction of sp³-hybridized carbons (Fsp3) is 0.222. The van der Waals surface area contributed by atoms with Crippen molar-refractivity contribution in [1.82, 2.24) is 0 Å². The van der Waals surface area contributed by atoms with Crippen molar-refractivity contribution < 1.29 is 0 Å². The first-order valence-electron chi connectivity index (χ1n) is 6.68. The van der Waals surface area contributed by atoms with Gasteiger partial charge < -0.3 is 0 Å². The number of allylic oxidation sites excluding steroid dienone is 2. The van der Waals surface area contributed by atoms with Gasteiger partial charge in [0.1, 0.15) is 0 Å². The zero-order valence-corrected chi connectivity index (χ0v) is 10.8. The predicted octanol–water partition coefficient (Wildman–Crippen LogP) is 4.81. The number of aryl methyl sites for hydroxylation is 2. The van der Waals surface area contributed by atoms with Crippen molar-refractivity contribution in [3.63, 3.8) is 0 Å². The molecule has 0 N–H and O–H groups in total. The molecule has 0 atom stereocenters. The van der Waals surface area contributed by atoms with Gasteiger partial charge in [0.05, 0.1) is 0 Å². The maximum Gasteiger partial charge on any atom is -0.0244 e. The zero-order chi connectivity index (χ0) is 12.5. The standard InChI is InChI=1S/C18H20/c1(5-11-17-13-7-3-8-14-17)2-6-12-18-15-9-4-10-16-18/h1-4,7-10,13-16H,5-6,11-12H2/b2-1+. The molecule has 0 aliphatic heterocycles. The summed E-state index contributed by atoms with van der Waals surface area (Å²) in [5, 5.41) is 0. The molecule has 0 aliphatic carbocycles. The van der Waals surface area contributed by atoms with E-state index >= 15 is 0 Å². The Balaban J connectivity index is 1.64. The molecule has 0 fully saturated rings. The third-order valence-electron chi connectivity index (χ3n) is 3.05. The molecule has 18 heavy (non-hydrogen) atoms. The average Bonchev–Trinajstić information content (AvgIpc) is 2.45. The normalized spacial score (nSPS) is 10.9. The van der Waals surface area contributed by atoms with Crippen molar-refractivity contribution in [2.75, 3.05) is 0 Å². The lowest BCUT2D eigenvalue weighted by Crippen LogP contribution is -1.83. The molecule has 2 aromatic rings. The highest BCUT2D eigenvalue weighted by atomic mass is 14.0. The molecule has 0 spiro atoms. The van der Waals surface area contributed by atoms with Gasteiger partial charge in [-0.15, -0.1) is 0 Å². The van der Waals surface area contributed by atoms with E-state index in [1.54, 1.807) is 0 Å². The van der Waals surface area contributed by atoms with E-state index in [0.717, 1.165) is 25.7 Å². The van der Waals surface area contributed by atoms with Crippen LogP contribution in [0.4, 0.5) is 0 Å². The van der Waals surface area contributed by atoms with Crippen LogP contribution in [-0.2, 0) is 12.8 Å². The number of hydrogen-bond acceptors (Lipinski definition) is 0. The lowest BCUT2D eigenvalue weighted by atomic mass is 10.1. The SMILES string of the molecule is C(=C\CCc1ccccc1)/CCc1ccccc1. The predicted molar refractivity (Wildman–Crippen MR) is 78.7 cm³/mol. The van der Waals surface area contributed by atoms with Gasteiger partial charge in [0.15, 0.2) is 0 Å². The van der Waals surface area contributed by atoms with Crippen LogP contribution < -0.4 is 0 Å². The first kappa shape index (κ1) is 12.6. The van der Waals surface area contributed by atoms with E-state index < -0.39 is 0 Å². The fourth-order valence-corrected chi connectivity index (χ4v) is 2.03. The van der Waals surface area contributed by atoms with Gasteiger partial charge in [0, 0.05) is 0 Å². The Hall–Kier alpha value is -1.82. The number of hydrogen-bond donors (Lipinski definition) is 0. The van der Waals surface area contributed by atoms with Gasteiger partial charge in [0.25, 0.3) is 0 Å². The van der Waals surface area contributed by atoms with Crippen LogP contribution >= 0.6 is 0 Å². The third kappa shape index (κ3) is 4.58. The third-order valence-corrected chi connectivity index (χ3v) is 3.05. The minimum Gasteiger partial charge on any atom is -0.0882 e. The molecule has 0 nitrogen and oxygen atoms in total. The summed E-state index contributed by atoms with van der Waals surface area (Å²) < 4.78 is 0. The molecule has 0 bridgehead atoms. The summed E-state index contributed by atoms with van der Waals surface area (Å²) in [5.41, 5.74) is 2.84. The molecule has 0 heteroatoms. The monoisotopic (exact) mass is 236 g/mol. The second-order valence-electron chi connectivity index (χ2n) is 4.52. The van der Waals surface area contributed by atoms with Crippen LogP contribution in [0.1, 0.15) is 24.0 Å². The van der Waals surface area contributed by atoms with Crippen LogP contribution in [0.15, 0.2) is 72.8 Å². The van der Waals surface area contributed by atoms with Crippen LogP contribution in [0, 0.1) is 0 Å². The minimum atomic E-state index is 1.14. The molecule has 92 valence electrons. The van der Waals surface area contributed by atoms with E-state index in [4.69, 9.17) is 0 Å². The first-order chi connectivity index (χ1) is 8.95. The largest absolute Gasteiger partial charge is 0.0882 e. The maximum atomic E-state index is 2.30. The van der Waals surface area contributed by atoms with E-state index in [9.17, 15) is 0 Å². The van der Waals surface area contributed by atoms with Crippen LogP contribution in [0.25, 0.3) is 0 Å².